The molecule has 1 atom stereocenters. The Morgan fingerprint density at radius 2 is 1.67 bits per heavy atom. The lowest BCUT2D eigenvalue weighted by Crippen LogP contribution is -2.48. The molecule has 0 bridgehead atoms. The van der Waals surface area contributed by atoms with Gasteiger partial charge in [-0.05, 0) is 36.5 Å². The molecule has 2 aromatic carbocycles. The highest BCUT2D eigenvalue weighted by molar-refractivity contribution is 5.79. The van der Waals surface area contributed by atoms with Crippen molar-refractivity contribution in [2.75, 3.05) is 39.8 Å². The van der Waals surface area contributed by atoms with E-state index in [-0.39, 0.29) is 0 Å². The predicted molar refractivity (Wildman–Crippen MR) is 135 cm³/mol. The van der Waals surface area contributed by atoms with E-state index >= 15 is 0 Å². The Hall–Kier alpha value is -2.41. The van der Waals surface area contributed by atoms with Crippen molar-refractivity contribution in [2.24, 2.45) is 4.99 Å². The van der Waals surface area contributed by atoms with Crippen molar-refractivity contribution in [3.05, 3.63) is 71.3 Å². The smallest absolute Gasteiger partial charge is 0.191 e. The van der Waals surface area contributed by atoms with Crippen molar-refractivity contribution in [1.82, 2.24) is 20.4 Å². The molecule has 4 rings (SSSR count). The first kappa shape index (κ1) is 23.7. The monoisotopic (exact) mass is 449 g/mol. The number of aliphatic imine (C=N–C) groups is 1. The van der Waals surface area contributed by atoms with Gasteiger partial charge < -0.3 is 15.4 Å². The van der Waals surface area contributed by atoms with E-state index in [0.29, 0.717) is 12.1 Å². The van der Waals surface area contributed by atoms with Gasteiger partial charge in [-0.1, -0.05) is 54.6 Å². The SMILES string of the molecule is CN=C(NCc1cccc(CN2CCOC(C)C2)c1)NC1CCN(Cc2ccccc2)CC1. The predicted octanol–water partition coefficient (Wildman–Crippen LogP) is 3.24. The van der Waals surface area contributed by atoms with E-state index < -0.39 is 0 Å². The lowest BCUT2D eigenvalue weighted by molar-refractivity contribution is -0.0212. The maximum atomic E-state index is 5.67. The maximum absolute atomic E-state index is 5.67. The molecule has 2 heterocycles. The van der Waals surface area contributed by atoms with Crippen molar-refractivity contribution >= 4 is 5.96 Å². The normalized spacial score (nSPS) is 21.2. The van der Waals surface area contributed by atoms with Gasteiger partial charge in [0.15, 0.2) is 5.96 Å². The second kappa shape index (κ2) is 12.2. The average molecular weight is 450 g/mol. The van der Waals surface area contributed by atoms with E-state index in [2.05, 4.69) is 86.9 Å². The molecule has 2 aliphatic heterocycles. The number of hydrogen-bond donors (Lipinski definition) is 2. The van der Waals surface area contributed by atoms with Gasteiger partial charge in [0.25, 0.3) is 0 Å². The van der Waals surface area contributed by atoms with Crippen LogP contribution in [0.2, 0.25) is 0 Å². The van der Waals surface area contributed by atoms with Gasteiger partial charge in [0, 0.05) is 58.9 Å². The third-order valence-electron chi connectivity index (χ3n) is 6.58. The van der Waals surface area contributed by atoms with Gasteiger partial charge in [0.05, 0.1) is 12.7 Å². The van der Waals surface area contributed by atoms with Gasteiger partial charge in [0.1, 0.15) is 0 Å². The summed E-state index contributed by atoms with van der Waals surface area (Å²) in [5.41, 5.74) is 4.04. The fourth-order valence-corrected chi connectivity index (χ4v) is 4.78. The number of nitrogens with one attached hydrogen (secondary N) is 2. The zero-order valence-corrected chi connectivity index (χ0v) is 20.2. The third-order valence-corrected chi connectivity index (χ3v) is 6.58. The molecule has 0 aliphatic carbocycles. The highest BCUT2D eigenvalue weighted by atomic mass is 16.5. The van der Waals surface area contributed by atoms with Gasteiger partial charge in [-0.2, -0.15) is 0 Å². The zero-order chi connectivity index (χ0) is 22.9. The van der Waals surface area contributed by atoms with E-state index in [4.69, 9.17) is 4.74 Å². The molecule has 178 valence electrons. The molecule has 0 aromatic heterocycles. The number of rotatable bonds is 7. The molecule has 0 saturated carbocycles. The van der Waals surface area contributed by atoms with E-state index in [1.54, 1.807) is 0 Å². The molecule has 2 N–H and O–H groups in total. The Morgan fingerprint density at radius 1 is 0.939 bits per heavy atom. The Bertz CT molecular complexity index is 879. The molecule has 6 heteroatoms. The number of guanidine groups is 1. The van der Waals surface area contributed by atoms with Crippen LogP contribution < -0.4 is 10.6 Å². The number of nitrogens with zero attached hydrogens (tertiary/aromatic N) is 3. The minimum Gasteiger partial charge on any atom is -0.376 e. The molecule has 1 unspecified atom stereocenters. The minimum atomic E-state index is 0.322. The molecule has 0 amide bonds. The Kier molecular flexibility index (Phi) is 8.75. The number of piperidine rings is 1. The summed E-state index contributed by atoms with van der Waals surface area (Å²) in [5.74, 6) is 0.893. The van der Waals surface area contributed by atoms with Gasteiger partial charge in [-0.25, -0.2) is 0 Å². The molecule has 0 radical (unpaired) electrons. The molecular formula is C27H39N5O. The molecule has 6 nitrogen and oxygen atoms in total. The topological polar surface area (TPSA) is 52.1 Å². The second-order valence-corrected chi connectivity index (χ2v) is 9.34. The summed E-state index contributed by atoms with van der Waals surface area (Å²) in [4.78, 5) is 9.49. The van der Waals surface area contributed by atoms with E-state index in [1.165, 1.54) is 16.7 Å². The van der Waals surface area contributed by atoms with Crippen LogP contribution >= 0.6 is 0 Å². The van der Waals surface area contributed by atoms with Crippen LogP contribution in [0.5, 0.6) is 0 Å². The first-order valence-electron chi connectivity index (χ1n) is 12.3. The van der Waals surface area contributed by atoms with Crippen LogP contribution in [0.25, 0.3) is 0 Å². The van der Waals surface area contributed by atoms with Crippen LogP contribution in [0.15, 0.2) is 59.6 Å². The quantitative estimate of drug-likeness (QED) is 0.502. The summed E-state index contributed by atoms with van der Waals surface area (Å²) in [5, 5.41) is 7.15. The molecule has 2 aromatic rings. The first-order valence-corrected chi connectivity index (χ1v) is 12.3. The van der Waals surface area contributed by atoms with Crippen LogP contribution in [0.4, 0.5) is 0 Å². The number of hydrogen-bond acceptors (Lipinski definition) is 4. The highest BCUT2D eigenvalue weighted by Gasteiger charge is 2.20. The first-order chi connectivity index (χ1) is 16.2. The van der Waals surface area contributed by atoms with Crippen LogP contribution in [0, 0.1) is 0 Å². The average Bonchev–Trinajstić information content (AvgIpc) is 2.84. The summed E-state index contributed by atoms with van der Waals surface area (Å²) >= 11 is 0. The Balaban J connectivity index is 1.21. The standard InChI is InChI=1S/C27H39N5O/c1-22-19-32(15-16-33-22)21-25-10-6-9-24(17-25)18-29-27(28-2)30-26-11-13-31(14-12-26)20-23-7-4-3-5-8-23/h3-10,17,22,26H,11-16,18-21H2,1-2H3,(H2,28,29,30). The molecule has 33 heavy (non-hydrogen) atoms. The summed E-state index contributed by atoms with van der Waals surface area (Å²) in [6.45, 7) is 10.0. The van der Waals surface area contributed by atoms with Crippen molar-refractivity contribution in [3.8, 4) is 0 Å². The van der Waals surface area contributed by atoms with Gasteiger partial charge in [-0.3, -0.25) is 14.8 Å². The second-order valence-electron chi connectivity index (χ2n) is 9.34. The third kappa shape index (κ3) is 7.56. The maximum Gasteiger partial charge on any atom is 0.191 e. The molecule has 2 aliphatic rings. The highest BCUT2D eigenvalue weighted by Crippen LogP contribution is 2.14. The number of benzene rings is 2. The molecule has 2 fully saturated rings. The summed E-state index contributed by atoms with van der Waals surface area (Å²) in [7, 11) is 1.86. The lowest BCUT2D eigenvalue weighted by Gasteiger charge is -2.33. The van der Waals surface area contributed by atoms with Gasteiger partial charge in [-0.15, -0.1) is 0 Å². The van der Waals surface area contributed by atoms with Gasteiger partial charge >= 0.3 is 0 Å². The fraction of sp³-hybridized carbons (Fsp3) is 0.519. The van der Waals surface area contributed by atoms with Crippen molar-refractivity contribution in [1.29, 1.82) is 0 Å². The zero-order valence-electron chi connectivity index (χ0n) is 20.2. The number of ether oxygens (including phenoxy) is 1. The Labute approximate surface area is 199 Å². The van der Waals surface area contributed by atoms with Crippen LogP contribution in [-0.2, 0) is 24.4 Å². The van der Waals surface area contributed by atoms with Crippen LogP contribution in [0.1, 0.15) is 36.5 Å². The van der Waals surface area contributed by atoms with Crippen LogP contribution in [0.3, 0.4) is 0 Å². The van der Waals surface area contributed by atoms with Crippen molar-refractivity contribution in [3.63, 3.8) is 0 Å². The van der Waals surface area contributed by atoms with Gasteiger partial charge in [0.2, 0.25) is 0 Å². The Morgan fingerprint density at radius 3 is 2.42 bits per heavy atom. The molecular weight excluding hydrogens is 410 g/mol. The van der Waals surface area contributed by atoms with Crippen LogP contribution in [-0.4, -0.2) is 67.7 Å². The van der Waals surface area contributed by atoms with E-state index in [9.17, 15) is 0 Å². The van der Waals surface area contributed by atoms with E-state index in [0.717, 1.165) is 71.2 Å². The molecule has 2 saturated heterocycles. The van der Waals surface area contributed by atoms with E-state index in [1.807, 2.05) is 7.05 Å². The lowest BCUT2D eigenvalue weighted by atomic mass is 10.0. The van der Waals surface area contributed by atoms with Crippen molar-refractivity contribution in [2.45, 2.75) is 51.5 Å². The largest absolute Gasteiger partial charge is 0.376 e. The van der Waals surface area contributed by atoms with Crippen molar-refractivity contribution < 1.29 is 4.74 Å². The fourth-order valence-electron chi connectivity index (χ4n) is 4.78. The summed E-state index contributed by atoms with van der Waals surface area (Å²) in [6.07, 6.45) is 2.60. The number of likely N-dealkylation sites (tertiary alicyclic amines) is 1. The summed E-state index contributed by atoms with van der Waals surface area (Å²) < 4.78 is 5.67. The summed E-state index contributed by atoms with van der Waals surface area (Å²) in [6, 6.07) is 20.1. The number of morpholine rings is 1. The molecule has 0 spiro atoms. The minimum absolute atomic E-state index is 0.322.